The second-order valence-corrected chi connectivity index (χ2v) is 2.89. The van der Waals surface area contributed by atoms with Crippen molar-refractivity contribution >= 4 is 5.65 Å². The number of fused-ring (bicyclic) bond motifs is 1. The molecule has 2 aromatic heterocycles. The largest absolute Gasteiger partial charge is 0.349 e. The summed E-state index contributed by atoms with van der Waals surface area (Å²) in [6.07, 6.45) is 1.95. The van der Waals surface area contributed by atoms with Crippen molar-refractivity contribution < 1.29 is 5.73 Å². The molecule has 2 aromatic rings. The second kappa shape index (κ2) is 2.57. The van der Waals surface area contributed by atoms with Crippen molar-refractivity contribution in [3.63, 3.8) is 0 Å². The van der Waals surface area contributed by atoms with Gasteiger partial charge in [0.15, 0.2) is 11.5 Å². The van der Waals surface area contributed by atoms with Crippen molar-refractivity contribution in [2.75, 3.05) is 0 Å². The third-order valence-corrected chi connectivity index (χ3v) is 1.78. The van der Waals surface area contributed by atoms with Gasteiger partial charge < -0.3 is 5.73 Å². The Balaban J connectivity index is 2.70. The molecule has 0 radical (unpaired) electrons. The van der Waals surface area contributed by atoms with E-state index in [-0.39, 0.29) is 6.04 Å². The van der Waals surface area contributed by atoms with E-state index in [0.29, 0.717) is 0 Å². The van der Waals surface area contributed by atoms with Gasteiger partial charge in [-0.3, -0.25) is 4.40 Å². The minimum absolute atomic E-state index is 0.169. The van der Waals surface area contributed by atoms with Crippen LogP contribution in [0, 0.1) is 0 Å². The molecule has 0 aliphatic heterocycles. The molecule has 0 bridgehead atoms. The molecule has 2 rings (SSSR count). The van der Waals surface area contributed by atoms with Crippen LogP contribution in [-0.2, 0) is 0 Å². The van der Waals surface area contributed by atoms with Crippen molar-refractivity contribution in [3.05, 3.63) is 30.2 Å². The molecular weight excluding hydrogens is 152 g/mol. The van der Waals surface area contributed by atoms with Crippen LogP contribution in [0.4, 0.5) is 0 Å². The molecule has 4 nitrogen and oxygen atoms in total. The SMILES string of the molecule is C[C@@H]([NH3+])c1nnc2ccccn12. The van der Waals surface area contributed by atoms with Crippen molar-refractivity contribution in [1.29, 1.82) is 0 Å². The lowest BCUT2D eigenvalue weighted by Crippen LogP contribution is -2.52. The Bertz CT molecular complexity index is 391. The summed E-state index contributed by atoms with van der Waals surface area (Å²) in [6, 6.07) is 6.00. The van der Waals surface area contributed by atoms with E-state index in [4.69, 9.17) is 0 Å². The molecule has 0 aliphatic rings. The summed E-state index contributed by atoms with van der Waals surface area (Å²) in [5, 5.41) is 8.06. The highest BCUT2D eigenvalue weighted by molar-refractivity contribution is 5.37. The van der Waals surface area contributed by atoms with Gasteiger partial charge in [-0.2, -0.15) is 0 Å². The fourth-order valence-corrected chi connectivity index (χ4v) is 1.20. The number of hydrogen-bond acceptors (Lipinski definition) is 2. The molecule has 1 atom stereocenters. The van der Waals surface area contributed by atoms with E-state index < -0.39 is 0 Å². The first-order valence-electron chi connectivity index (χ1n) is 3.92. The molecule has 0 saturated carbocycles. The number of rotatable bonds is 1. The zero-order valence-electron chi connectivity index (χ0n) is 6.94. The lowest BCUT2D eigenvalue weighted by molar-refractivity contribution is -0.422. The van der Waals surface area contributed by atoms with Gasteiger partial charge in [0.25, 0.3) is 0 Å². The Morgan fingerprint density at radius 2 is 2.25 bits per heavy atom. The number of aromatic nitrogens is 3. The maximum atomic E-state index is 4.05. The minimum atomic E-state index is 0.169. The lowest BCUT2D eigenvalue weighted by atomic mass is 10.3. The van der Waals surface area contributed by atoms with Gasteiger partial charge in [-0.05, 0) is 19.1 Å². The number of quaternary nitrogens is 1. The fourth-order valence-electron chi connectivity index (χ4n) is 1.20. The molecule has 0 fully saturated rings. The van der Waals surface area contributed by atoms with Crippen LogP contribution in [0.25, 0.3) is 5.65 Å². The van der Waals surface area contributed by atoms with Gasteiger partial charge in [-0.15, -0.1) is 10.2 Å². The highest BCUT2D eigenvalue weighted by Crippen LogP contribution is 2.06. The molecular formula is C8H11N4+. The predicted molar refractivity (Wildman–Crippen MR) is 44.3 cm³/mol. The number of pyridine rings is 1. The average molecular weight is 163 g/mol. The molecule has 2 heterocycles. The van der Waals surface area contributed by atoms with Gasteiger partial charge in [-0.1, -0.05) is 6.07 Å². The highest BCUT2D eigenvalue weighted by Gasteiger charge is 2.10. The Labute approximate surface area is 70.0 Å². The van der Waals surface area contributed by atoms with Gasteiger partial charge in [-0.25, -0.2) is 0 Å². The van der Waals surface area contributed by atoms with Crippen LogP contribution in [0.15, 0.2) is 24.4 Å². The normalized spacial score (nSPS) is 13.5. The fraction of sp³-hybridized carbons (Fsp3) is 0.250. The first-order valence-corrected chi connectivity index (χ1v) is 3.92. The number of hydrogen-bond donors (Lipinski definition) is 1. The van der Waals surface area contributed by atoms with Crippen LogP contribution < -0.4 is 5.73 Å². The van der Waals surface area contributed by atoms with Gasteiger partial charge in [0.1, 0.15) is 6.04 Å². The lowest BCUT2D eigenvalue weighted by Gasteiger charge is -1.98. The van der Waals surface area contributed by atoms with E-state index in [1.165, 1.54) is 0 Å². The molecule has 62 valence electrons. The predicted octanol–water partition coefficient (Wildman–Crippen LogP) is 0.0322. The van der Waals surface area contributed by atoms with E-state index in [9.17, 15) is 0 Å². The molecule has 0 saturated heterocycles. The molecule has 0 spiro atoms. The minimum Gasteiger partial charge on any atom is -0.349 e. The van der Waals surface area contributed by atoms with E-state index in [2.05, 4.69) is 15.9 Å². The van der Waals surface area contributed by atoms with Crippen molar-refractivity contribution in [2.45, 2.75) is 13.0 Å². The smallest absolute Gasteiger partial charge is 0.195 e. The quantitative estimate of drug-likeness (QED) is 0.645. The third-order valence-electron chi connectivity index (χ3n) is 1.78. The topological polar surface area (TPSA) is 57.8 Å². The zero-order chi connectivity index (χ0) is 8.55. The zero-order valence-corrected chi connectivity index (χ0v) is 6.94. The van der Waals surface area contributed by atoms with E-state index in [1.54, 1.807) is 0 Å². The summed E-state index contributed by atoms with van der Waals surface area (Å²) >= 11 is 0. The molecule has 4 heteroatoms. The monoisotopic (exact) mass is 163 g/mol. The van der Waals surface area contributed by atoms with Crippen molar-refractivity contribution in [1.82, 2.24) is 14.6 Å². The molecule has 0 aliphatic carbocycles. The Hall–Kier alpha value is -1.42. The van der Waals surface area contributed by atoms with Crippen LogP contribution in [0.1, 0.15) is 18.8 Å². The maximum Gasteiger partial charge on any atom is 0.195 e. The van der Waals surface area contributed by atoms with Crippen LogP contribution in [-0.4, -0.2) is 14.6 Å². The third kappa shape index (κ3) is 0.967. The summed E-state index contributed by atoms with van der Waals surface area (Å²) in [4.78, 5) is 0. The van der Waals surface area contributed by atoms with Crippen molar-refractivity contribution in [2.24, 2.45) is 0 Å². The Kier molecular flexibility index (Phi) is 1.55. The average Bonchev–Trinajstić information content (AvgIpc) is 2.47. The highest BCUT2D eigenvalue weighted by atomic mass is 15.3. The first kappa shape index (κ1) is 7.24. The van der Waals surface area contributed by atoms with Gasteiger partial charge in [0, 0.05) is 6.20 Å². The molecule has 0 aromatic carbocycles. The summed E-state index contributed by atoms with van der Waals surface area (Å²) in [6.45, 7) is 2.00. The molecule has 0 unspecified atom stereocenters. The van der Waals surface area contributed by atoms with E-state index >= 15 is 0 Å². The van der Waals surface area contributed by atoms with E-state index in [0.717, 1.165) is 11.5 Å². The van der Waals surface area contributed by atoms with Crippen LogP contribution in [0.2, 0.25) is 0 Å². The molecule has 12 heavy (non-hydrogen) atoms. The van der Waals surface area contributed by atoms with Gasteiger partial charge >= 0.3 is 0 Å². The van der Waals surface area contributed by atoms with E-state index in [1.807, 2.05) is 35.7 Å². The molecule has 0 amide bonds. The van der Waals surface area contributed by atoms with Crippen LogP contribution >= 0.6 is 0 Å². The second-order valence-electron chi connectivity index (χ2n) is 2.89. The number of nitrogens with zero attached hydrogens (tertiary/aromatic N) is 3. The van der Waals surface area contributed by atoms with Gasteiger partial charge in [0.05, 0.1) is 0 Å². The standard InChI is InChI=1S/C8H10N4/c1-6(9)8-11-10-7-4-2-3-5-12(7)8/h2-6H,9H2,1H3/p+1/t6-/m1/s1. The molecule has 3 N–H and O–H groups in total. The maximum absolute atomic E-state index is 4.05. The summed E-state index contributed by atoms with van der Waals surface area (Å²) in [5.41, 5.74) is 4.79. The van der Waals surface area contributed by atoms with Gasteiger partial charge in [0.2, 0.25) is 0 Å². The Morgan fingerprint density at radius 3 is 3.00 bits per heavy atom. The van der Waals surface area contributed by atoms with Crippen LogP contribution in [0.3, 0.4) is 0 Å². The summed E-state index contributed by atoms with van der Waals surface area (Å²) < 4.78 is 1.96. The summed E-state index contributed by atoms with van der Waals surface area (Å²) in [5.74, 6) is 0.908. The Morgan fingerprint density at radius 1 is 1.42 bits per heavy atom. The summed E-state index contributed by atoms with van der Waals surface area (Å²) in [7, 11) is 0. The van der Waals surface area contributed by atoms with Crippen LogP contribution in [0.5, 0.6) is 0 Å². The van der Waals surface area contributed by atoms with Crippen molar-refractivity contribution in [3.8, 4) is 0 Å². The first-order chi connectivity index (χ1) is 5.79.